The van der Waals surface area contributed by atoms with Gasteiger partial charge in [-0.2, -0.15) is 4.52 Å². The van der Waals surface area contributed by atoms with E-state index < -0.39 is 0 Å². The Kier molecular flexibility index (Phi) is 3.88. The fraction of sp³-hybridized carbons (Fsp3) is 0.0556. The Hall–Kier alpha value is -2.50. The summed E-state index contributed by atoms with van der Waals surface area (Å²) in [7, 11) is 0. The number of aromatic nitrogens is 3. The molecule has 4 aromatic rings. The van der Waals surface area contributed by atoms with Crippen LogP contribution >= 0.6 is 22.9 Å². The molecule has 4 rings (SSSR count). The van der Waals surface area contributed by atoms with Gasteiger partial charge >= 0.3 is 0 Å². The van der Waals surface area contributed by atoms with Gasteiger partial charge in [-0.3, -0.25) is 4.79 Å². The molecule has 4 nitrogen and oxygen atoms in total. The van der Waals surface area contributed by atoms with Crippen LogP contribution in [0.4, 0.5) is 0 Å². The minimum atomic E-state index is -0.165. The third kappa shape index (κ3) is 2.84. The van der Waals surface area contributed by atoms with Crippen LogP contribution in [0.25, 0.3) is 11.0 Å². The molecule has 0 aliphatic carbocycles. The summed E-state index contributed by atoms with van der Waals surface area (Å²) in [5.74, 6) is 0.647. The Labute approximate surface area is 146 Å². The molecule has 2 aromatic carbocycles. The number of hydrogen-bond donors (Lipinski definition) is 0. The number of benzene rings is 2. The molecule has 2 aromatic heterocycles. The zero-order valence-corrected chi connectivity index (χ0v) is 14.1. The second-order valence-electron chi connectivity index (χ2n) is 5.32. The zero-order chi connectivity index (χ0) is 16.5. The van der Waals surface area contributed by atoms with Crippen LogP contribution in [0.1, 0.15) is 17.0 Å². The van der Waals surface area contributed by atoms with Crippen LogP contribution < -0.4 is 10.1 Å². The standard InChI is InChI=1S/C18H12ClN3OS/c19-14-9-5-4-8-13(14)11-15-17(23)22-18(24-15)20-16(21-22)10-12-6-2-1-3-7-12/h1-9,11H,10H2. The van der Waals surface area contributed by atoms with Crippen molar-refractivity contribution >= 4 is 34.0 Å². The molecule has 0 saturated heterocycles. The maximum absolute atomic E-state index is 12.5. The van der Waals surface area contributed by atoms with E-state index in [1.807, 2.05) is 48.5 Å². The molecule has 0 radical (unpaired) electrons. The molecule has 0 aliphatic rings. The van der Waals surface area contributed by atoms with Crippen LogP contribution in [0.5, 0.6) is 0 Å². The van der Waals surface area contributed by atoms with Crippen molar-refractivity contribution in [3.8, 4) is 0 Å². The summed E-state index contributed by atoms with van der Waals surface area (Å²) in [6, 6.07) is 17.4. The Morgan fingerprint density at radius 1 is 1.08 bits per heavy atom. The molecule has 0 fully saturated rings. The van der Waals surface area contributed by atoms with E-state index in [0.717, 1.165) is 11.1 Å². The lowest BCUT2D eigenvalue weighted by Crippen LogP contribution is -2.23. The van der Waals surface area contributed by atoms with Crippen molar-refractivity contribution in [2.45, 2.75) is 6.42 Å². The molecule has 24 heavy (non-hydrogen) atoms. The average Bonchev–Trinajstić information content (AvgIpc) is 3.10. The number of rotatable bonds is 3. The van der Waals surface area contributed by atoms with Gasteiger partial charge in [-0.05, 0) is 23.3 Å². The van der Waals surface area contributed by atoms with E-state index in [1.165, 1.54) is 15.9 Å². The number of thiazole rings is 1. The van der Waals surface area contributed by atoms with Gasteiger partial charge in [-0.15, -0.1) is 5.10 Å². The van der Waals surface area contributed by atoms with Crippen LogP contribution in [-0.2, 0) is 6.42 Å². The van der Waals surface area contributed by atoms with E-state index in [-0.39, 0.29) is 5.56 Å². The molecule has 0 unspecified atom stereocenters. The van der Waals surface area contributed by atoms with Gasteiger partial charge in [0, 0.05) is 11.4 Å². The van der Waals surface area contributed by atoms with Crippen molar-refractivity contribution < 1.29 is 0 Å². The van der Waals surface area contributed by atoms with Gasteiger partial charge in [-0.1, -0.05) is 71.5 Å². The first-order valence-electron chi connectivity index (χ1n) is 7.39. The van der Waals surface area contributed by atoms with E-state index in [9.17, 15) is 4.79 Å². The monoisotopic (exact) mass is 353 g/mol. The van der Waals surface area contributed by atoms with Gasteiger partial charge in [0.15, 0.2) is 5.82 Å². The number of hydrogen-bond acceptors (Lipinski definition) is 4. The lowest BCUT2D eigenvalue weighted by molar-refractivity contribution is 0.879. The molecular formula is C18H12ClN3OS. The minimum absolute atomic E-state index is 0.165. The van der Waals surface area contributed by atoms with E-state index in [4.69, 9.17) is 11.6 Å². The van der Waals surface area contributed by atoms with E-state index in [2.05, 4.69) is 10.1 Å². The van der Waals surface area contributed by atoms with Gasteiger partial charge in [0.2, 0.25) is 4.96 Å². The van der Waals surface area contributed by atoms with Crippen molar-refractivity contribution in [2.24, 2.45) is 0 Å². The van der Waals surface area contributed by atoms with Crippen molar-refractivity contribution in [1.29, 1.82) is 0 Å². The average molecular weight is 354 g/mol. The molecule has 0 N–H and O–H groups in total. The summed E-state index contributed by atoms with van der Waals surface area (Å²) in [4.78, 5) is 17.6. The molecule has 118 valence electrons. The fourth-order valence-electron chi connectivity index (χ4n) is 2.46. The summed E-state index contributed by atoms with van der Waals surface area (Å²) >= 11 is 7.47. The largest absolute Gasteiger partial charge is 0.291 e. The fourth-order valence-corrected chi connectivity index (χ4v) is 3.57. The maximum atomic E-state index is 12.5. The normalized spacial score (nSPS) is 12.1. The molecule has 6 heteroatoms. The highest BCUT2D eigenvalue weighted by molar-refractivity contribution is 7.15. The topological polar surface area (TPSA) is 47.3 Å². The molecule has 0 atom stereocenters. The van der Waals surface area contributed by atoms with Gasteiger partial charge in [0.25, 0.3) is 5.56 Å². The highest BCUT2D eigenvalue weighted by Gasteiger charge is 2.11. The molecular weight excluding hydrogens is 342 g/mol. The highest BCUT2D eigenvalue weighted by Crippen LogP contribution is 2.15. The summed E-state index contributed by atoms with van der Waals surface area (Å²) in [6.07, 6.45) is 2.39. The van der Waals surface area contributed by atoms with Crippen molar-refractivity contribution in [2.75, 3.05) is 0 Å². The Balaban J connectivity index is 1.74. The third-order valence-corrected chi connectivity index (χ3v) is 4.93. The van der Waals surface area contributed by atoms with Gasteiger partial charge in [-0.25, -0.2) is 4.98 Å². The Morgan fingerprint density at radius 2 is 1.83 bits per heavy atom. The Bertz CT molecular complexity index is 1120. The van der Waals surface area contributed by atoms with Gasteiger partial charge < -0.3 is 0 Å². The summed E-state index contributed by atoms with van der Waals surface area (Å²) < 4.78 is 1.94. The van der Waals surface area contributed by atoms with Crippen LogP contribution in [0.3, 0.4) is 0 Å². The molecule has 0 bridgehead atoms. The highest BCUT2D eigenvalue weighted by atomic mass is 35.5. The molecule has 2 heterocycles. The van der Waals surface area contributed by atoms with Crippen LogP contribution in [-0.4, -0.2) is 14.6 Å². The summed E-state index contributed by atoms with van der Waals surface area (Å²) in [5.41, 5.74) is 1.76. The van der Waals surface area contributed by atoms with E-state index in [0.29, 0.717) is 26.8 Å². The predicted molar refractivity (Wildman–Crippen MR) is 96.6 cm³/mol. The van der Waals surface area contributed by atoms with E-state index in [1.54, 1.807) is 12.1 Å². The maximum Gasteiger partial charge on any atom is 0.291 e. The number of halogens is 1. The minimum Gasteiger partial charge on any atom is -0.266 e. The lowest BCUT2D eigenvalue weighted by Gasteiger charge is -1.95. The summed E-state index contributed by atoms with van der Waals surface area (Å²) in [6.45, 7) is 0. The van der Waals surface area contributed by atoms with Crippen LogP contribution in [0.15, 0.2) is 59.4 Å². The van der Waals surface area contributed by atoms with Gasteiger partial charge in [0.1, 0.15) is 0 Å². The smallest absolute Gasteiger partial charge is 0.266 e. The summed E-state index contributed by atoms with van der Waals surface area (Å²) in [5, 5.41) is 4.95. The molecule has 0 aliphatic heterocycles. The van der Waals surface area contributed by atoms with E-state index >= 15 is 0 Å². The Morgan fingerprint density at radius 3 is 2.58 bits per heavy atom. The second kappa shape index (κ2) is 6.19. The third-order valence-electron chi connectivity index (χ3n) is 3.62. The first-order chi connectivity index (χ1) is 11.7. The second-order valence-corrected chi connectivity index (χ2v) is 6.74. The molecule has 0 amide bonds. The van der Waals surface area contributed by atoms with Gasteiger partial charge in [0.05, 0.1) is 4.53 Å². The van der Waals surface area contributed by atoms with Crippen LogP contribution in [0.2, 0.25) is 5.02 Å². The van der Waals surface area contributed by atoms with Crippen molar-refractivity contribution in [3.63, 3.8) is 0 Å². The zero-order valence-electron chi connectivity index (χ0n) is 12.5. The SMILES string of the molecule is O=c1c(=Cc2ccccc2Cl)sc2nc(Cc3ccccc3)nn12. The lowest BCUT2D eigenvalue weighted by atomic mass is 10.1. The van der Waals surface area contributed by atoms with Crippen molar-refractivity contribution in [1.82, 2.24) is 14.6 Å². The number of fused-ring (bicyclic) bond motifs is 1. The quantitative estimate of drug-likeness (QED) is 0.569. The number of nitrogens with zero attached hydrogens (tertiary/aromatic N) is 3. The first-order valence-corrected chi connectivity index (χ1v) is 8.59. The predicted octanol–water partition coefficient (Wildman–Crippen LogP) is 2.94. The van der Waals surface area contributed by atoms with Crippen LogP contribution in [0, 0.1) is 0 Å². The molecule has 0 saturated carbocycles. The van der Waals surface area contributed by atoms with Crippen molar-refractivity contribution in [3.05, 3.63) is 91.5 Å². The first kappa shape index (κ1) is 15.1. The molecule has 0 spiro atoms.